The second-order valence-electron chi connectivity index (χ2n) is 5.80. The van der Waals surface area contributed by atoms with Gasteiger partial charge in [-0.15, -0.1) is 0 Å². The van der Waals surface area contributed by atoms with E-state index in [0.717, 1.165) is 5.56 Å². The number of carbonyl (C=O) groups is 2. The quantitative estimate of drug-likeness (QED) is 0.646. The monoisotopic (exact) mass is 341 g/mol. The molecule has 0 aliphatic carbocycles. The summed E-state index contributed by atoms with van der Waals surface area (Å²) in [4.78, 5) is 36.0. The van der Waals surface area contributed by atoms with E-state index >= 15 is 0 Å². The van der Waals surface area contributed by atoms with Gasteiger partial charge in [-0.1, -0.05) is 30.3 Å². The van der Waals surface area contributed by atoms with Gasteiger partial charge in [0.2, 0.25) is 5.91 Å². The normalized spacial score (nSPS) is 13.6. The van der Waals surface area contributed by atoms with Crippen molar-refractivity contribution < 1.29 is 24.5 Å². The van der Waals surface area contributed by atoms with Gasteiger partial charge in [0.05, 0.1) is 0 Å². The zero-order valence-electron chi connectivity index (χ0n) is 13.8. The first-order chi connectivity index (χ1) is 12.1. The maximum Gasteiger partial charge on any atom is 0.316 e. The van der Waals surface area contributed by atoms with E-state index < -0.39 is 17.8 Å². The number of rotatable bonds is 6. The van der Waals surface area contributed by atoms with Gasteiger partial charge >= 0.3 is 5.97 Å². The molecular weight excluding hydrogens is 322 g/mol. The highest BCUT2D eigenvalue weighted by Gasteiger charge is 2.31. The molecule has 1 heterocycles. The van der Waals surface area contributed by atoms with E-state index in [1.807, 2.05) is 31.2 Å². The Hall–Kier alpha value is -2.86. The van der Waals surface area contributed by atoms with E-state index in [1.54, 1.807) is 24.3 Å². The Bertz CT molecular complexity index is 775. The molecule has 2 aromatic carbocycles. The summed E-state index contributed by atoms with van der Waals surface area (Å²) in [6.07, 6.45) is 0.0914. The molecule has 0 spiro atoms. The second kappa shape index (κ2) is 7.36. The van der Waals surface area contributed by atoms with Crippen LogP contribution in [0, 0.1) is 5.92 Å². The zero-order chi connectivity index (χ0) is 17.8. The SMILES string of the molecule is CCN(C(=O)C(Cc1ccc2c(c1)OOC2)C(=O)O)c1ccccc1. The van der Waals surface area contributed by atoms with Crippen molar-refractivity contribution in [3.63, 3.8) is 0 Å². The average Bonchev–Trinajstić information content (AvgIpc) is 3.08. The number of para-hydroxylation sites is 1. The summed E-state index contributed by atoms with van der Waals surface area (Å²) in [5.74, 6) is -2.17. The summed E-state index contributed by atoms with van der Waals surface area (Å²) in [6, 6.07) is 14.4. The molecule has 25 heavy (non-hydrogen) atoms. The molecule has 0 saturated carbocycles. The minimum absolute atomic E-state index is 0.0914. The predicted octanol–water partition coefficient (Wildman–Crippen LogP) is 2.81. The fourth-order valence-electron chi connectivity index (χ4n) is 2.86. The van der Waals surface area contributed by atoms with Crippen molar-refractivity contribution in [3.8, 4) is 5.75 Å². The number of carboxylic acids is 1. The van der Waals surface area contributed by atoms with Crippen molar-refractivity contribution in [3.05, 3.63) is 59.7 Å². The lowest BCUT2D eigenvalue weighted by Crippen LogP contribution is -2.40. The number of hydrogen-bond acceptors (Lipinski definition) is 4. The molecule has 0 aromatic heterocycles. The smallest absolute Gasteiger partial charge is 0.316 e. The van der Waals surface area contributed by atoms with Crippen LogP contribution in [0.25, 0.3) is 0 Å². The van der Waals surface area contributed by atoms with Crippen LogP contribution < -0.4 is 9.79 Å². The predicted molar refractivity (Wildman–Crippen MR) is 91.2 cm³/mol. The van der Waals surface area contributed by atoms with Crippen molar-refractivity contribution in [1.82, 2.24) is 0 Å². The molecule has 0 radical (unpaired) electrons. The summed E-state index contributed by atoms with van der Waals surface area (Å²) >= 11 is 0. The Morgan fingerprint density at radius 3 is 2.64 bits per heavy atom. The van der Waals surface area contributed by atoms with Crippen LogP contribution in [0.15, 0.2) is 48.5 Å². The number of benzene rings is 2. The second-order valence-corrected chi connectivity index (χ2v) is 5.80. The molecule has 2 aromatic rings. The maximum absolute atomic E-state index is 12.8. The minimum Gasteiger partial charge on any atom is -0.481 e. The van der Waals surface area contributed by atoms with E-state index in [2.05, 4.69) is 0 Å². The van der Waals surface area contributed by atoms with Gasteiger partial charge in [-0.2, -0.15) is 4.89 Å². The first-order valence-electron chi connectivity index (χ1n) is 8.10. The summed E-state index contributed by atoms with van der Waals surface area (Å²) in [6.45, 7) is 2.59. The van der Waals surface area contributed by atoms with Gasteiger partial charge in [-0.05, 0) is 37.1 Å². The fourth-order valence-corrected chi connectivity index (χ4v) is 2.86. The Labute approximate surface area is 145 Å². The Balaban J connectivity index is 1.83. The number of aliphatic carboxylic acids is 1. The van der Waals surface area contributed by atoms with Crippen LogP contribution >= 0.6 is 0 Å². The van der Waals surface area contributed by atoms with Crippen LogP contribution in [-0.2, 0) is 27.5 Å². The molecule has 130 valence electrons. The van der Waals surface area contributed by atoms with Crippen molar-refractivity contribution >= 4 is 17.6 Å². The highest BCUT2D eigenvalue weighted by atomic mass is 17.2. The number of anilines is 1. The van der Waals surface area contributed by atoms with Crippen LogP contribution in [0.3, 0.4) is 0 Å². The summed E-state index contributed by atoms with van der Waals surface area (Å²) in [5, 5.41) is 9.59. The van der Waals surface area contributed by atoms with Crippen LogP contribution in [0.1, 0.15) is 18.1 Å². The van der Waals surface area contributed by atoms with E-state index in [1.165, 1.54) is 4.90 Å². The van der Waals surface area contributed by atoms with Gasteiger partial charge in [0.1, 0.15) is 12.5 Å². The molecule has 0 bridgehead atoms. The van der Waals surface area contributed by atoms with E-state index in [9.17, 15) is 14.7 Å². The highest BCUT2D eigenvalue weighted by molar-refractivity contribution is 6.05. The number of amides is 1. The van der Waals surface area contributed by atoms with Gasteiger partial charge in [-0.3, -0.25) is 9.59 Å². The third-order valence-electron chi connectivity index (χ3n) is 4.18. The molecule has 1 amide bonds. The molecule has 1 N–H and O–H groups in total. The van der Waals surface area contributed by atoms with Crippen LogP contribution in [0.5, 0.6) is 5.75 Å². The number of carbonyl (C=O) groups excluding carboxylic acids is 1. The highest BCUT2D eigenvalue weighted by Crippen LogP contribution is 2.28. The third-order valence-corrected chi connectivity index (χ3v) is 4.18. The van der Waals surface area contributed by atoms with Crippen LogP contribution in [-0.4, -0.2) is 23.5 Å². The Morgan fingerprint density at radius 2 is 1.96 bits per heavy atom. The molecule has 1 aliphatic heterocycles. The topological polar surface area (TPSA) is 76.1 Å². The minimum atomic E-state index is -1.17. The summed E-state index contributed by atoms with van der Waals surface area (Å²) in [5.41, 5.74) is 2.31. The van der Waals surface area contributed by atoms with Gasteiger partial charge in [0, 0.05) is 17.8 Å². The van der Waals surface area contributed by atoms with Gasteiger partial charge in [0.25, 0.3) is 0 Å². The third kappa shape index (κ3) is 3.64. The number of fused-ring (bicyclic) bond motifs is 1. The zero-order valence-corrected chi connectivity index (χ0v) is 13.8. The lowest BCUT2D eigenvalue weighted by atomic mass is 9.96. The number of hydrogen-bond donors (Lipinski definition) is 1. The molecule has 6 heteroatoms. The van der Waals surface area contributed by atoms with Crippen LogP contribution in [0.4, 0.5) is 5.69 Å². The summed E-state index contributed by atoms with van der Waals surface area (Å²) in [7, 11) is 0. The molecule has 3 rings (SSSR count). The van der Waals surface area contributed by atoms with Crippen molar-refractivity contribution in [2.75, 3.05) is 11.4 Å². The first-order valence-corrected chi connectivity index (χ1v) is 8.10. The van der Waals surface area contributed by atoms with Crippen molar-refractivity contribution in [1.29, 1.82) is 0 Å². The lowest BCUT2D eigenvalue weighted by Gasteiger charge is -2.24. The molecule has 1 aliphatic rings. The van der Waals surface area contributed by atoms with E-state index in [0.29, 0.717) is 30.2 Å². The molecule has 0 saturated heterocycles. The number of nitrogens with zero attached hydrogens (tertiary/aromatic N) is 1. The first kappa shape index (κ1) is 17.0. The number of carboxylic acid groups (broad SMARTS) is 1. The van der Waals surface area contributed by atoms with Crippen molar-refractivity contribution in [2.24, 2.45) is 5.92 Å². The lowest BCUT2D eigenvalue weighted by molar-refractivity contribution is -0.194. The standard InChI is InChI=1S/C19H19NO5/c1-2-20(15-6-4-3-5-7-15)18(21)16(19(22)23)10-13-8-9-14-12-24-25-17(14)11-13/h3-9,11,16H,2,10,12H2,1H3,(H,22,23). The molecule has 6 nitrogen and oxygen atoms in total. The summed E-state index contributed by atoms with van der Waals surface area (Å²) < 4.78 is 0. The molecule has 0 fully saturated rings. The largest absolute Gasteiger partial charge is 0.481 e. The molecule has 1 unspecified atom stereocenters. The molecule has 1 atom stereocenters. The van der Waals surface area contributed by atoms with Gasteiger partial charge in [-0.25, -0.2) is 0 Å². The van der Waals surface area contributed by atoms with Gasteiger partial charge in [0.15, 0.2) is 5.75 Å². The maximum atomic E-state index is 12.8. The Morgan fingerprint density at radius 1 is 1.20 bits per heavy atom. The fraction of sp³-hybridized carbons (Fsp3) is 0.263. The van der Waals surface area contributed by atoms with Crippen LogP contribution in [0.2, 0.25) is 0 Å². The van der Waals surface area contributed by atoms with E-state index in [4.69, 9.17) is 9.78 Å². The average molecular weight is 341 g/mol. The van der Waals surface area contributed by atoms with Gasteiger partial charge < -0.3 is 14.9 Å². The Kier molecular flexibility index (Phi) is 5.00. The van der Waals surface area contributed by atoms with Crippen molar-refractivity contribution in [2.45, 2.75) is 20.0 Å². The molecular formula is C19H19NO5. The van der Waals surface area contributed by atoms with E-state index in [-0.39, 0.29) is 6.42 Å².